The molecule has 1 aliphatic rings. The van der Waals surface area contributed by atoms with Crippen LogP contribution in [-0.4, -0.2) is 58.2 Å². The second-order valence-electron chi connectivity index (χ2n) is 2.95. The smallest absolute Gasteiger partial charge is 0.0944 e. The van der Waals surface area contributed by atoms with Gasteiger partial charge < -0.3 is 18.9 Å². The largest absolute Gasteiger partial charge is 0.377 e. The fourth-order valence-corrected chi connectivity index (χ4v) is 1.24. The topological polar surface area (TPSA) is 36.9 Å². The Morgan fingerprint density at radius 1 is 0.857 bits per heavy atom. The highest BCUT2D eigenvalue weighted by Gasteiger charge is 2.08. The maximum absolute atomic E-state index is 5.70. The van der Waals surface area contributed by atoms with Crippen LogP contribution in [0, 0.1) is 0 Å². The summed E-state index contributed by atoms with van der Waals surface area (Å²) >= 11 is 5.70. The number of hydrogen-bond acceptors (Lipinski definition) is 4. The third kappa shape index (κ3) is 5.78. The molecule has 4 nitrogen and oxygen atoms in total. The molecule has 1 unspecified atom stereocenters. The van der Waals surface area contributed by atoms with E-state index in [1.165, 1.54) is 0 Å². The quantitative estimate of drug-likeness (QED) is 0.614. The summed E-state index contributed by atoms with van der Waals surface area (Å²) in [6.07, 6.45) is -0.0420. The zero-order valence-corrected chi connectivity index (χ0v) is 9.00. The molecule has 1 rings (SSSR count). The first-order valence-electron chi connectivity index (χ1n) is 4.84. The summed E-state index contributed by atoms with van der Waals surface area (Å²) in [5, 5.41) is 0. The molecule has 0 amide bonds. The lowest BCUT2D eigenvalue weighted by Gasteiger charge is -2.16. The molecular weight excluding hydrogens is 208 g/mol. The zero-order valence-electron chi connectivity index (χ0n) is 8.25. The van der Waals surface area contributed by atoms with Crippen molar-refractivity contribution in [3.05, 3.63) is 0 Å². The number of halogens is 1. The van der Waals surface area contributed by atoms with Gasteiger partial charge in [-0.2, -0.15) is 0 Å². The maximum atomic E-state index is 5.70. The molecule has 1 saturated heterocycles. The molecule has 1 fully saturated rings. The van der Waals surface area contributed by atoms with E-state index in [0.29, 0.717) is 52.1 Å². The van der Waals surface area contributed by atoms with Gasteiger partial charge in [0.1, 0.15) is 0 Å². The first-order valence-corrected chi connectivity index (χ1v) is 5.37. The molecule has 1 aliphatic heterocycles. The third-order valence-electron chi connectivity index (χ3n) is 1.80. The predicted molar refractivity (Wildman–Crippen MR) is 52.9 cm³/mol. The van der Waals surface area contributed by atoms with Crippen LogP contribution in [0.5, 0.6) is 0 Å². The van der Waals surface area contributed by atoms with E-state index >= 15 is 0 Å². The van der Waals surface area contributed by atoms with Gasteiger partial charge in [0.25, 0.3) is 0 Å². The highest BCUT2D eigenvalue weighted by Crippen LogP contribution is 1.98. The first kappa shape index (κ1) is 12.2. The van der Waals surface area contributed by atoms with Crippen LogP contribution in [0.2, 0.25) is 0 Å². The van der Waals surface area contributed by atoms with Crippen molar-refractivity contribution in [1.82, 2.24) is 0 Å². The number of rotatable bonds is 1. The lowest BCUT2D eigenvalue weighted by molar-refractivity contribution is -0.0596. The van der Waals surface area contributed by atoms with Gasteiger partial charge in [-0.25, -0.2) is 0 Å². The molecule has 0 spiro atoms. The Morgan fingerprint density at radius 2 is 1.43 bits per heavy atom. The molecule has 0 aromatic heterocycles. The zero-order chi connectivity index (χ0) is 10.1. The van der Waals surface area contributed by atoms with Gasteiger partial charge in [0.05, 0.1) is 58.2 Å². The summed E-state index contributed by atoms with van der Waals surface area (Å²) < 4.78 is 21.3. The summed E-state index contributed by atoms with van der Waals surface area (Å²) in [7, 11) is 0. The third-order valence-corrected chi connectivity index (χ3v) is 2.15. The summed E-state index contributed by atoms with van der Waals surface area (Å²) in [6, 6.07) is 0. The number of alkyl halides is 1. The molecular formula is C9H17ClO4. The minimum atomic E-state index is -0.0420. The van der Waals surface area contributed by atoms with Crippen LogP contribution in [0.4, 0.5) is 0 Å². The Morgan fingerprint density at radius 3 is 2.07 bits per heavy atom. The molecule has 0 aliphatic carbocycles. The van der Waals surface area contributed by atoms with Crippen LogP contribution in [0.3, 0.4) is 0 Å². The molecule has 0 aromatic rings. The summed E-state index contributed by atoms with van der Waals surface area (Å²) in [5.41, 5.74) is 0. The lowest BCUT2D eigenvalue weighted by Crippen LogP contribution is -2.26. The summed E-state index contributed by atoms with van der Waals surface area (Å²) in [4.78, 5) is 0. The van der Waals surface area contributed by atoms with Crippen LogP contribution in [-0.2, 0) is 18.9 Å². The molecule has 0 radical (unpaired) electrons. The van der Waals surface area contributed by atoms with Gasteiger partial charge in [0, 0.05) is 0 Å². The van der Waals surface area contributed by atoms with E-state index in [0.717, 1.165) is 0 Å². The van der Waals surface area contributed by atoms with Crippen LogP contribution in [0.15, 0.2) is 0 Å². The van der Waals surface area contributed by atoms with E-state index in [-0.39, 0.29) is 6.10 Å². The minimum Gasteiger partial charge on any atom is -0.377 e. The van der Waals surface area contributed by atoms with Crippen LogP contribution in [0.25, 0.3) is 0 Å². The van der Waals surface area contributed by atoms with Crippen molar-refractivity contribution in [1.29, 1.82) is 0 Å². The molecule has 14 heavy (non-hydrogen) atoms. The Hall–Kier alpha value is 0.130. The van der Waals surface area contributed by atoms with Gasteiger partial charge in [0.15, 0.2) is 0 Å². The summed E-state index contributed by atoms with van der Waals surface area (Å²) in [5.74, 6) is 0.445. The van der Waals surface area contributed by atoms with Gasteiger partial charge in [-0.1, -0.05) is 0 Å². The predicted octanol–water partition coefficient (Wildman–Crippen LogP) is 0.674. The van der Waals surface area contributed by atoms with Gasteiger partial charge in [-0.3, -0.25) is 0 Å². The van der Waals surface area contributed by atoms with E-state index in [1.807, 2.05) is 0 Å². The SMILES string of the molecule is ClCC1COCCOCCOCCO1. The highest BCUT2D eigenvalue weighted by atomic mass is 35.5. The summed E-state index contributed by atoms with van der Waals surface area (Å²) in [6.45, 7) is 4.05. The Bertz CT molecular complexity index is 122. The molecule has 0 N–H and O–H groups in total. The standard InChI is InChI=1S/C9H17ClO4/c10-7-9-8-13-4-3-11-1-2-12-5-6-14-9/h9H,1-8H2. The van der Waals surface area contributed by atoms with Crippen LogP contribution >= 0.6 is 11.6 Å². The minimum absolute atomic E-state index is 0.0420. The highest BCUT2D eigenvalue weighted by molar-refractivity contribution is 6.18. The van der Waals surface area contributed by atoms with Crippen molar-refractivity contribution in [2.75, 3.05) is 52.1 Å². The van der Waals surface area contributed by atoms with Crippen molar-refractivity contribution in [2.24, 2.45) is 0 Å². The Kier molecular flexibility index (Phi) is 7.35. The normalized spacial score (nSPS) is 27.6. The molecule has 0 bridgehead atoms. The molecule has 84 valence electrons. The monoisotopic (exact) mass is 224 g/mol. The van der Waals surface area contributed by atoms with Crippen molar-refractivity contribution in [3.8, 4) is 0 Å². The first-order chi connectivity index (χ1) is 6.93. The van der Waals surface area contributed by atoms with Gasteiger partial charge >= 0.3 is 0 Å². The van der Waals surface area contributed by atoms with Gasteiger partial charge in [-0.15, -0.1) is 11.6 Å². The molecule has 5 heteroatoms. The molecule has 1 heterocycles. The number of hydrogen-bond donors (Lipinski definition) is 0. The van der Waals surface area contributed by atoms with Crippen molar-refractivity contribution >= 4 is 11.6 Å². The van der Waals surface area contributed by atoms with E-state index in [9.17, 15) is 0 Å². The fourth-order valence-electron chi connectivity index (χ4n) is 1.07. The molecule has 0 aromatic carbocycles. The Labute approximate surface area is 89.4 Å². The van der Waals surface area contributed by atoms with Crippen molar-refractivity contribution < 1.29 is 18.9 Å². The second kappa shape index (κ2) is 8.44. The molecule has 0 saturated carbocycles. The average molecular weight is 225 g/mol. The van der Waals surface area contributed by atoms with E-state index in [1.54, 1.807) is 0 Å². The van der Waals surface area contributed by atoms with Gasteiger partial charge in [-0.05, 0) is 0 Å². The van der Waals surface area contributed by atoms with Gasteiger partial charge in [0.2, 0.25) is 0 Å². The second-order valence-corrected chi connectivity index (χ2v) is 3.26. The molecule has 1 atom stereocenters. The number of ether oxygens (including phenoxy) is 4. The lowest BCUT2D eigenvalue weighted by atomic mass is 10.4. The van der Waals surface area contributed by atoms with Crippen LogP contribution < -0.4 is 0 Å². The van der Waals surface area contributed by atoms with E-state index in [4.69, 9.17) is 30.5 Å². The van der Waals surface area contributed by atoms with Crippen molar-refractivity contribution in [3.63, 3.8) is 0 Å². The van der Waals surface area contributed by atoms with Crippen LogP contribution in [0.1, 0.15) is 0 Å². The van der Waals surface area contributed by atoms with Crippen molar-refractivity contribution in [2.45, 2.75) is 6.10 Å². The maximum Gasteiger partial charge on any atom is 0.0944 e. The Balaban J connectivity index is 2.17. The van der Waals surface area contributed by atoms with E-state index < -0.39 is 0 Å². The average Bonchev–Trinajstić information content (AvgIpc) is 2.19. The fraction of sp³-hybridized carbons (Fsp3) is 1.00. The van der Waals surface area contributed by atoms with E-state index in [2.05, 4.69) is 0 Å².